The van der Waals surface area contributed by atoms with Gasteiger partial charge >= 0.3 is 5.97 Å². The first-order chi connectivity index (χ1) is 5.97. The van der Waals surface area contributed by atoms with E-state index in [0.29, 0.717) is 5.70 Å². The van der Waals surface area contributed by atoms with Crippen LogP contribution in [0.2, 0.25) is 0 Å². The minimum atomic E-state index is -0.681. The highest BCUT2D eigenvalue weighted by Gasteiger charge is 2.08. The van der Waals surface area contributed by atoms with Crippen LogP contribution in [-0.2, 0) is 9.53 Å². The summed E-state index contributed by atoms with van der Waals surface area (Å²) >= 11 is 0. The number of esters is 1. The third-order valence-corrected chi connectivity index (χ3v) is 1.01. The standard InChI is InChI=1S/C8H12N2O3/c1-5(9)4-7(8(12)13-3)10-6(2)11/h4,11H,2,9H2,1,3H3/b5-4-,10-7?. The number of rotatable bonds is 3. The molecule has 5 heteroatoms. The van der Waals surface area contributed by atoms with Gasteiger partial charge < -0.3 is 15.6 Å². The van der Waals surface area contributed by atoms with E-state index < -0.39 is 11.9 Å². The molecule has 13 heavy (non-hydrogen) atoms. The fraction of sp³-hybridized carbons (Fsp3) is 0.250. The molecule has 0 aliphatic rings. The summed E-state index contributed by atoms with van der Waals surface area (Å²) in [5.41, 5.74) is 5.61. The molecule has 0 fully saturated rings. The van der Waals surface area contributed by atoms with Crippen molar-refractivity contribution in [3.8, 4) is 0 Å². The van der Waals surface area contributed by atoms with Crippen molar-refractivity contribution in [2.75, 3.05) is 7.11 Å². The molecule has 72 valence electrons. The van der Waals surface area contributed by atoms with Crippen LogP contribution < -0.4 is 5.73 Å². The molecule has 0 amide bonds. The maximum absolute atomic E-state index is 11.0. The second kappa shape index (κ2) is 4.97. The Balaban J connectivity index is 4.87. The Morgan fingerprint density at radius 2 is 2.23 bits per heavy atom. The van der Waals surface area contributed by atoms with Crippen LogP contribution in [0.1, 0.15) is 6.92 Å². The van der Waals surface area contributed by atoms with Gasteiger partial charge in [-0.1, -0.05) is 0 Å². The lowest BCUT2D eigenvalue weighted by Crippen LogP contribution is -2.15. The van der Waals surface area contributed by atoms with Crippen molar-refractivity contribution in [2.45, 2.75) is 6.92 Å². The van der Waals surface area contributed by atoms with E-state index in [1.807, 2.05) is 0 Å². The van der Waals surface area contributed by atoms with Crippen LogP contribution in [0.4, 0.5) is 0 Å². The monoisotopic (exact) mass is 184 g/mol. The number of hydrogen-bond acceptors (Lipinski definition) is 5. The number of nitrogens with zero attached hydrogens (tertiary/aromatic N) is 1. The lowest BCUT2D eigenvalue weighted by Gasteiger charge is -1.99. The number of methoxy groups -OCH3 is 1. The van der Waals surface area contributed by atoms with Crippen molar-refractivity contribution in [3.05, 3.63) is 24.2 Å². The van der Waals surface area contributed by atoms with Crippen molar-refractivity contribution < 1.29 is 14.6 Å². The molecule has 0 aliphatic carbocycles. The summed E-state index contributed by atoms with van der Waals surface area (Å²) in [6.45, 7) is 4.69. The molecule has 3 N–H and O–H groups in total. The molecule has 0 aromatic rings. The molecule has 0 rings (SSSR count). The molecule has 0 radical (unpaired) electrons. The Morgan fingerprint density at radius 3 is 2.54 bits per heavy atom. The van der Waals surface area contributed by atoms with Gasteiger partial charge in [0.25, 0.3) is 0 Å². The summed E-state index contributed by atoms with van der Waals surface area (Å²) in [5.74, 6) is -1.15. The zero-order valence-electron chi connectivity index (χ0n) is 7.57. The van der Waals surface area contributed by atoms with Gasteiger partial charge in [0, 0.05) is 5.70 Å². The van der Waals surface area contributed by atoms with E-state index in [4.69, 9.17) is 10.8 Å². The van der Waals surface area contributed by atoms with Crippen LogP contribution in [0.5, 0.6) is 0 Å². The summed E-state index contributed by atoms with van der Waals surface area (Å²) in [6.07, 6.45) is 1.28. The van der Waals surface area contributed by atoms with Gasteiger partial charge in [-0.15, -0.1) is 0 Å². The Labute approximate surface area is 76.2 Å². The smallest absolute Gasteiger partial charge is 0.356 e. The first kappa shape index (κ1) is 11.2. The molecule has 0 aliphatic heterocycles. The Bertz CT molecular complexity index is 275. The van der Waals surface area contributed by atoms with Crippen molar-refractivity contribution >= 4 is 11.7 Å². The predicted molar refractivity (Wildman–Crippen MR) is 49.2 cm³/mol. The van der Waals surface area contributed by atoms with E-state index in [2.05, 4.69) is 16.3 Å². The van der Waals surface area contributed by atoms with Crippen molar-refractivity contribution in [2.24, 2.45) is 10.7 Å². The van der Waals surface area contributed by atoms with E-state index in [1.54, 1.807) is 6.92 Å². The van der Waals surface area contributed by atoms with Crippen molar-refractivity contribution in [3.63, 3.8) is 0 Å². The van der Waals surface area contributed by atoms with Crippen LogP contribution in [-0.4, -0.2) is 23.9 Å². The Morgan fingerprint density at radius 1 is 1.69 bits per heavy atom. The van der Waals surface area contributed by atoms with Gasteiger partial charge in [0.15, 0.2) is 5.71 Å². The van der Waals surface area contributed by atoms with Crippen molar-refractivity contribution in [1.29, 1.82) is 0 Å². The zero-order valence-corrected chi connectivity index (χ0v) is 7.57. The Kier molecular flexibility index (Phi) is 4.29. The number of aliphatic hydroxyl groups is 1. The lowest BCUT2D eigenvalue weighted by molar-refractivity contribution is -0.132. The number of allylic oxidation sites excluding steroid dienone is 1. The second-order valence-electron chi connectivity index (χ2n) is 2.29. The van der Waals surface area contributed by atoms with Gasteiger partial charge in [-0.05, 0) is 19.6 Å². The number of carbonyl (C=O) groups excluding carboxylic acids is 1. The topological polar surface area (TPSA) is 84.9 Å². The number of nitrogens with two attached hydrogens (primary N) is 1. The fourth-order valence-corrected chi connectivity index (χ4v) is 0.596. The molecular formula is C8H12N2O3. The van der Waals surface area contributed by atoms with Crippen LogP contribution in [0.3, 0.4) is 0 Å². The number of ether oxygens (including phenoxy) is 1. The van der Waals surface area contributed by atoms with Gasteiger partial charge in [0.2, 0.25) is 5.88 Å². The van der Waals surface area contributed by atoms with E-state index >= 15 is 0 Å². The summed E-state index contributed by atoms with van der Waals surface area (Å²) in [7, 11) is 1.21. The number of hydrogen-bond donors (Lipinski definition) is 2. The quantitative estimate of drug-likeness (QED) is 0.380. The van der Waals surface area contributed by atoms with Gasteiger partial charge in [-0.25, -0.2) is 9.79 Å². The molecule has 0 saturated heterocycles. The molecule has 0 spiro atoms. The van der Waals surface area contributed by atoms with Crippen LogP contribution in [0.25, 0.3) is 0 Å². The highest BCUT2D eigenvalue weighted by Crippen LogP contribution is 1.94. The van der Waals surface area contributed by atoms with Gasteiger partial charge in [0.05, 0.1) is 7.11 Å². The van der Waals surface area contributed by atoms with Crippen LogP contribution in [0, 0.1) is 0 Å². The largest absolute Gasteiger partial charge is 0.494 e. The minimum Gasteiger partial charge on any atom is -0.494 e. The average Bonchev–Trinajstić information content (AvgIpc) is 2.00. The molecular weight excluding hydrogens is 172 g/mol. The van der Waals surface area contributed by atoms with Gasteiger partial charge in [0.1, 0.15) is 0 Å². The SMILES string of the molecule is C=C(O)N=C(/C=C(/C)N)C(=O)OC. The van der Waals surface area contributed by atoms with Crippen LogP contribution >= 0.6 is 0 Å². The second-order valence-corrected chi connectivity index (χ2v) is 2.29. The minimum absolute atomic E-state index is 0.0880. The third kappa shape index (κ3) is 4.62. The highest BCUT2D eigenvalue weighted by atomic mass is 16.5. The number of carbonyl (C=O) groups is 1. The van der Waals surface area contributed by atoms with E-state index in [0.717, 1.165) is 0 Å². The average molecular weight is 184 g/mol. The molecule has 0 aromatic heterocycles. The molecule has 0 heterocycles. The zero-order chi connectivity index (χ0) is 10.4. The van der Waals surface area contributed by atoms with E-state index in [1.165, 1.54) is 13.2 Å². The first-order valence-electron chi connectivity index (χ1n) is 3.46. The van der Waals surface area contributed by atoms with Crippen molar-refractivity contribution in [1.82, 2.24) is 0 Å². The molecule has 0 unspecified atom stereocenters. The maximum Gasteiger partial charge on any atom is 0.356 e. The first-order valence-corrected chi connectivity index (χ1v) is 3.46. The number of aliphatic hydroxyl groups excluding tert-OH is 1. The molecule has 0 bridgehead atoms. The van der Waals surface area contributed by atoms with Gasteiger partial charge in [-0.2, -0.15) is 0 Å². The molecule has 0 saturated carbocycles. The predicted octanol–water partition coefficient (Wildman–Crippen LogP) is 0.492. The number of aliphatic imine (C=N–C) groups is 1. The summed E-state index contributed by atoms with van der Waals surface area (Å²) in [6, 6.07) is 0. The molecule has 0 aromatic carbocycles. The van der Waals surface area contributed by atoms with E-state index in [-0.39, 0.29) is 5.71 Å². The fourth-order valence-electron chi connectivity index (χ4n) is 0.596. The maximum atomic E-state index is 11.0. The molecule has 0 atom stereocenters. The highest BCUT2D eigenvalue weighted by molar-refractivity contribution is 6.41. The summed E-state index contributed by atoms with van der Waals surface area (Å²) in [5, 5.41) is 8.72. The summed E-state index contributed by atoms with van der Waals surface area (Å²) < 4.78 is 4.39. The lowest BCUT2D eigenvalue weighted by atomic mass is 10.3. The van der Waals surface area contributed by atoms with Crippen LogP contribution in [0.15, 0.2) is 29.2 Å². The molecule has 5 nitrogen and oxygen atoms in total. The summed E-state index contributed by atoms with van der Waals surface area (Å²) in [4.78, 5) is 14.4. The van der Waals surface area contributed by atoms with E-state index in [9.17, 15) is 4.79 Å². The third-order valence-electron chi connectivity index (χ3n) is 1.01. The van der Waals surface area contributed by atoms with Gasteiger partial charge in [-0.3, -0.25) is 0 Å². The normalized spacial score (nSPS) is 12.5. The Hall–Kier alpha value is -1.78.